The molecule has 0 radical (unpaired) electrons. The number of ketones is 1. The van der Waals surface area contributed by atoms with Crippen molar-refractivity contribution >= 4 is 15.9 Å². The summed E-state index contributed by atoms with van der Waals surface area (Å²) in [5.41, 5.74) is -0.759. The molecule has 3 atom stereocenters. The number of fused-ring (bicyclic) bond motifs is 2. The number of Topliss-reactive ketones (excluding diaryl/α,β-unsaturated/α-hetero) is 1. The maximum absolute atomic E-state index is 12.5. The van der Waals surface area contributed by atoms with Gasteiger partial charge in [-0.05, 0) is 36.2 Å². The number of hydrogen-bond acceptors (Lipinski definition) is 4. The second kappa shape index (κ2) is 3.67. The lowest BCUT2D eigenvalue weighted by Crippen LogP contribution is -2.42. The van der Waals surface area contributed by atoms with E-state index in [1.165, 1.54) is 0 Å². The smallest absolute Gasteiger partial charge is 0.166 e. The molecule has 0 aromatic carbocycles. The number of rotatable bonds is 2. The van der Waals surface area contributed by atoms with Crippen molar-refractivity contribution in [2.75, 3.05) is 5.75 Å². The van der Waals surface area contributed by atoms with Gasteiger partial charge in [-0.15, -0.1) is 0 Å². The molecule has 5 heteroatoms. The zero-order chi connectivity index (χ0) is 13.9. The van der Waals surface area contributed by atoms with E-state index < -0.39 is 26.7 Å². The zero-order valence-corrected chi connectivity index (χ0v) is 12.0. The highest BCUT2D eigenvalue weighted by Gasteiger charge is 2.69. The van der Waals surface area contributed by atoms with Crippen LogP contribution in [0.4, 0.5) is 0 Å². The fraction of sp³-hybridized carbons (Fsp3) is 0.769. The first-order chi connectivity index (χ1) is 8.07. The Hall–Kier alpha value is -0.680. The molecule has 2 rings (SSSR count). The molecule has 18 heavy (non-hydrogen) atoms. The highest BCUT2D eigenvalue weighted by molar-refractivity contribution is 7.85. The first-order valence-corrected chi connectivity index (χ1v) is 7.79. The molecule has 102 valence electrons. The van der Waals surface area contributed by atoms with E-state index in [4.69, 9.17) is 0 Å². The van der Waals surface area contributed by atoms with Crippen LogP contribution < -0.4 is 0 Å². The third-order valence-electron chi connectivity index (χ3n) is 5.02. The largest absolute Gasteiger partial charge is 0.748 e. The molecule has 0 aromatic heterocycles. The zero-order valence-electron chi connectivity index (χ0n) is 11.2. The van der Waals surface area contributed by atoms with Gasteiger partial charge in [0.05, 0.1) is 21.3 Å². The maximum atomic E-state index is 12.5. The van der Waals surface area contributed by atoms with Crippen LogP contribution in [0.2, 0.25) is 0 Å². The summed E-state index contributed by atoms with van der Waals surface area (Å²) in [6.07, 6.45) is 2.28. The molecule has 1 unspecified atom stereocenters. The van der Waals surface area contributed by atoms with Gasteiger partial charge in [-0.1, -0.05) is 26.8 Å². The van der Waals surface area contributed by atoms with Gasteiger partial charge in [0.25, 0.3) is 0 Å². The number of allylic oxidation sites excluding steroid dienone is 2. The Balaban J connectivity index is 2.61. The first-order valence-electron chi connectivity index (χ1n) is 6.21. The Morgan fingerprint density at radius 3 is 2.39 bits per heavy atom. The molecule has 4 nitrogen and oxygen atoms in total. The van der Waals surface area contributed by atoms with Crippen molar-refractivity contribution in [3.05, 3.63) is 11.6 Å². The van der Waals surface area contributed by atoms with Gasteiger partial charge in [-0.25, -0.2) is 8.42 Å². The highest BCUT2D eigenvalue weighted by Crippen LogP contribution is 2.68. The lowest BCUT2D eigenvalue weighted by atomic mass is 9.70. The minimum atomic E-state index is -4.41. The van der Waals surface area contributed by atoms with E-state index in [0.29, 0.717) is 12.0 Å². The van der Waals surface area contributed by atoms with Crippen LogP contribution in [0.15, 0.2) is 11.6 Å². The summed E-state index contributed by atoms with van der Waals surface area (Å²) < 4.78 is 33.5. The van der Waals surface area contributed by atoms with Crippen molar-refractivity contribution in [3.63, 3.8) is 0 Å². The van der Waals surface area contributed by atoms with Gasteiger partial charge in [-0.3, -0.25) is 4.79 Å². The molecule has 0 amide bonds. The molecule has 2 bridgehead atoms. The van der Waals surface area contributed by atoms with Crippen molar-refractivity contribution in [1.82, 2.24) is 0 Å². The topological polar surface area (TPSA) is 74.3 Å². The summed E-state index contributed by atoms with van der Waals surface area (Å²) in [6, 6.07) is 0. The predicted molar refractivity (Wildman–Crippen MR) is 66.8 cm³/mol. The molecule has 2 aliphatic carbocycles. The third kappa shape index (κ3) is 1.53. The molecule has 0 aliphatic heterocycles. The van der Waals surface area contributed by atoms with E-state index in [0.717, 1.165) is 0 Å². The Labute approximate surface area is 108 Å². The van der Waals surface area contributed by atoms with Crippen molar-refractivity contribution in [2.45, 2.75) is 34.1 Å². The molecular formula is C13H19O4S-. The summed E-state index contributed by atoms with van der Waals surface area (Å²) in [4.78, 5) is 12.5. The molecule has 2 fully saturated rings. The van der Waals surface area contributed by atoms with Gasteiger partial charge in [0.15, 0.2) is 5.78 Å². The van der Waals surface area contributed by atoms with Gasteiger partial charge in [0.2, 0.25) is 0 Å². The summed E-state index contributed by atoms with van der Waals surface area (Å²) in [5.74, 6) is -0.385. The van der Waals surface area contributed by atoms with Crippen LogP contribution in [0.25, 0.3) is 0 Å². The van der Waals surface area contributed by atoms with E-state index >= 15 is 0 Å². The first kappa shape index (κ1) is 13.7. The summed E-state index contributed by atoms with van der Waals surface area (Å²) in [6.45, 7) is 7.67. The summed E-state index contributed by atoms with van der Waals surface area (Å²) >= 11 is 0. The van der Waals surface area contributed by atoms with Gasteiger partial charge in [0, 0.05) is 0 Å². The highest BCUT2D eigenvalue weighted by atomic mass is 32.2. The molecular weight excluding hydrogens is 252 g/mol. The van der Waals surface area contributed by atoms with Gasteiger partial charge in [0.1, 0.15) is 0 Å². The average molecular weight is 271 g/mol. The van der Waals surface area contributed by atoms with Crippen LogP contribution in [-0.4, -0.2) is 24.5 Å². The predicted octanol–water partition coefficient (Wildman–Crippen LogP) is 1.73. The van der Waals surface area contributed by atoms with E-state index in [1.807, 2.05) is 20.8 Å². The second-order valence-electron chi connectivity index (χ2n) is 6.24. The molecule has 0 aromatic rings. The monoisotopic (exact) mass is 271 g/mol. The number of carbonyl (C=O) groups is 1. The molecule has 0 saturated heterocycles. The van der Waals surface area contributed by atoms with Crippen LogP contribution >= 0.6 is 0 Å². The van der Waals surface area contributed by atoms with E-state index in [-0.39, 0.29) is 17.6 Å². The fourth-order valence-corrected chi connectivity index (χ4v) is 5.59. The summed E-state index contributed by atoms with van der Waals surface area (Å²) in [7, 11) is -4.41. The molecule has 2 saturated carbocycles. The summed E-state index contributed by atoms with van der Waals surface area (Å²) in [5, 5.41) is 0. The lowest BCUT2D eigenvalue weighted by Gasteiger charge is -2.36. The lowest BCUT2D eigenvalue weighted by molar-refractivity contribution is -0.125. The van der Waals surface area contributed by atoms with E-state index in [9.17, 15) is 17.8 Å². The molecule has 2 aliphatic rings. The van der Waals surface area contributed by atoms with E-state index in [1.54, 1.807) is 13.0 Å². The van der Waals surface area contributed by atoms with Crippen LogP contribution in [0.5, 0.6) is 0 Å². The van der Waals surface area contributed by atoms with Crippen molar-refractivity contribution in [3.8, 4) is 0 Å². The van der Waals surface area contributed by atoms with Crippen molar-refractivity contribution in [2.24, 2.45) is 22.7 Å². The van der Waals surface area contributed by atoms with Crippen LogP contribution in [0.1, 0.15) is 34.1 Å². The van der Waals surface area contributed by atoms with Gasteiger partial charge < -0.3 is 4.55 Å². The third-order valence-corrected chi connectivity index (χ3v) is 5.86. The fourth-order valence-electron chi connectivity index (χ4n) is 4.36. The standard InChI is InChI=1S/C13H20O4S/c1-5-9-10-8(2)6-13(11(9)14,12(10,3)4)7-18(15,16)17/h5,8,10H,6-7H2,1-4H3,(H,15,16,17)/p-1/b9-5-/t8?,10-,13-/m1/s1. The minimum absolute atomic E-state index is 0.0664. The normalized spacial score (nSPS) is 40.7. The van der Waals surface area contributed by atoms with Crippen molar-refractivity contribution < 1.29 is 17.8 Å². The average Bonchev–Trinajstić information content (AvgIpc) is 2.44. The van der Waals surface area contributed by atoms with Crippen LogP contribution in [0.3, 0.4) is 0 Å². The van der Waals surface area contributed by atoms with Crippen molar-refractivity contribution in [1.29, 1.82) is 0 Å². The molecule has 0 spiro atoms. The Kier molecular flexibility index (Phi) is 2.80. The Morgan fingerprint density at radius 1 is 1.44 bits per heavy atom. The maximum Gasteiger partial charge on any atom is 0.166 e. The quantitative estimate of drug-likeness (QED) is 0.566. The van der Waals surface area contributed by atoms with Crippen LogP contribution in [-0.2, 0) is 14.9 Å². The van der Waals surface area contributed by atoms with Crippen LogP contribution in [0, 0.1) is 22.7 Å². The second-order valence-corrected chi connectivity index (χ2v) is 7.64. The molecule has 0 heterocycles. The van der Waals surface area contributed by atoms with E-state index in [2.05, 4.69) is 0 Å². The Morgan fingerprint density at radius 2 is 2.00 bits per heavy atom. The van der Waals surface area contributed by atoms with Gasteiger partial charge in [-0.2, -0.15) is 0 Å². The Bertz CT molecular complexity index is 529. The molecule has 0 N–H and O–H groups in total. The number of hydrogen-bond donors (Lipinski definition) is 0. The van der Waals surface area contributed by atoms with Gasteiger partial charge >= 0.3 is 0 Å². The minimum Gasteiger partial charge on any atom is -0.748 e. The SMILES string of the molecule is C/C=C1\C(=O)[C@]2(CS(=O)(=O)[O-])CC(C)[C@H]1C2(C)C. The number of carbonyl (C=O) groups excluding carboxylic acids is 1.